The van der Waals surface area contributed by atoms with Crippen LogP contribution in [0.1, 0.15) is 126 Å². The number of piperidine rings is 2. The molecule has 4 heterocycles. The zero-order chi connectivity index (χ0) is 66.3. The smallest absolute Gasteiger partial charge is 0.329 e. The van der Waals surface area contributed by atoms with Crippen molar-refractivity contribution >= 4 is 47.1 Å². The van der Waals surface area contributed by atoms with Crippen LogP contribution in [0.5, 0.6) is 34.5 Å². The van der Waals surface area contributed by atoms with Gasteiger partial charge in [-0.3, -0.25) is 39.0 Å². The number of ether oxygens (including phenoxy) is 12. The van der Waals surface area contributed by atoms with E-state index in [0.29, 0.717) is 112 Å². The van der Waals surface area contributed by atoms with E-state index in [1.165, 1.54) is 18.2 Å². The number of fused-ring (bicyclic) bond motifs is 1. The number of nitrogens with zero attached hydrogens (tertiary/aromatic N) is 5. The first-order valence-corrected chi connectivity index (χ1v) is 32.0. The Balaban J connectivity index is 0.684. The molecule has 1 aliphatic carbocycles. The predicted octanol–water partition coefficient (Wildman–Crippen LogP) is 6.99. The number of carbonyl (C=O) groups excluding carboxylic acids is 7. The summed E-state index contributed by atoms with van der Waals surface area (Å²) in [5.74, 6) is -1.09. The van der Waals surface area contributed by atoms with Gasteiger partial charge >= 0.3 is 5.97 Å². The minimum Gasteiger partial charge on any atom is -0.493 e. The number of aromatic nitrogens is 3. The lowest BCUT2D eigenvalue weighted by Crippen LogP contribution is -2.54. The van der Waals surface area contributed by atoms with Crippen LogP contribution in [0.25, 0.3) is 0 Å². The zero-order valence-electron chi connectivity index (χ0n) is 54.1. The summed E-state index contributed by atoms with van der Waals surface area (Å²) in [4.78, 5) is 95.7. The largest absolute Gasteiger partial charge is 0.493 e. The molecule has 94 heavy (non-hydrogen) atoms. The third-order valence-electron chi connectivity index (χ3n) is 17.0. The van der Waals surface area contributed by atoms with E-state index in [1.54, 1.807) is 51.3 Å². The Morgan fingerprint density at radius 2 is 1.33 bits per heavy atom. The molecule has 4 atom stereocenters. The fourth-order valence-corrected chi connectivity index (χ4v) is 12.3. The number of methoxy groups -OCH3 is 5. The number of benzene rings is 4. The van der Waals surface area contributed by atoms with Crippen LogP contribution < -0.4 is 39.1 Å². The molecule has 3 aliphatic heterocycles. The topological polar surface area (TPSA) is 292 Å². The van der Waals surface area contributed by atoms with Gasteiger partial charge in [-0.15, -0.1) is 5.10 Å². The maximum atomic E-state index is 15.2. The van der Waals surface area contributed by atoms with E-state index >= 15 is 4.79 Å². The molecule has 2 saturated heterocycles. The summed E-state index contributed by atoms with van der Waals surface area (Å²) in [5.41, 5.74) is 3.18. The lowest BCUT2D eigenvalue weighted by Gasteiger charge is -2.40. The number of amides is 6. The number of aryl methyl sites for hydroxylation is 1. The maximum absolute atomic E-state index is 15.2. The Bertz CT molecular complexity index is 3380. The Morgan fingerprint density at radius 1 is 0.660 bits per heavy atom. The Kier molecular flexibility index (Phi) is 25.9. The van der Waals surface area contributed by atoms with Crippen molar-refractivity contribution in [2.45, 2.75) is 114 Å². The zero-order valence-corrected chi connectivity index (χ0v) is 54.1. The van der Waals surface area contributed by atoms with E-state index in [1.807, 2.05) is 54.6 Å². The molecule has 26 nitrogen and oxygen atoms in total. The predicted molar refractivity (Wildman–Crippen MR) is 338 cm³/mol. The van der Waals surface area contributed by atoms with Gasteiger partial charge < -0.3 is 67.1 Å². The molecule has 0 radical (unpaired) electrons. The third kappa shape index (κ3) is 18.2. The van der Waals surface area contributed by atoms with Crippen molar-refractivity contribution in [2.75, 3.05) is 113 Å². The molecule has 1 unspecified atom stereocenters. The summed E-state index contributed by atoms with van der Waals surface area (Å²) < 4.78 is 70.7. The van der Waals surface area contributed by atoms with Crippen molar-refractivity contribution in [3.8, 4) is 34.5 Å². The van der Waals surface area contributed by atoms with Gasteiger partial charge in [-0.2, -0.15) is 0 Å². The third-order valence-corrected chi connectivity index (χ3v) is 17.0. The SMILES string of the molecule is COc1ccc(CC[C@@H](OC(=O)[C@@H]2CCCCN2C(=O)[C@H](c2cc(OC)c(OC)c(OC)c2)C2CCCCC2)c2cccc(OCc3cn(CCOCCOCCOCCOCCOCC(=O)Nc4cccc5c4C(=O)N(C4CCC(=O)NC4=O)C5=O)nn3)c2)cc1OC. The highest BCUT2D eigenvalue weighted by molar-refractivity contribution is 6.26. The van der Waals surface area contributed by atoms with Crippen LogP contribution in [0, 0.1) is 5.92 Å². The minimum absolute atomic E-state index is 0.00785. The van der Waals surface area contributed by atoms with Gasteiger partial charge in [0.05, 0.1) is 130 Å². The van der Waals surface area contributed by atoms with Gasteiger partial charge in [0, 0.05) is 13.0 Å². The highest BCUT2D eigenvalue weighted by atomic mass is 16.6. The van der Waals surface area contributed by atoms with Crippen molar-refractivity contribution in [1.82, 2.24) is 30.1 Å². The van der Waals surface area contributed by atoms with Crippen LogP contribution >= 0.6 is 0 Å². The molecule has 1 saturated carbocycles. The second-order valence-corrected chi connectivity index (χ2v) is 23.1. The van der Waals surface area contributed by atoms with E-state index in [4.69, 9.17) is 56.8 Å². The summed E-state index contributed by atoms with van der Waals surface area (Å²) in [6.07, 6.45) is 8.94. The van der Waals surface area contributed by atoms with Crippen LogP contribution in [0.3, 0.4) is 0 Å². The van der Waals surface area contributed by atoms with Gasteiger partial charge in [-0.25, -0.2) is 9.48 Å². The first-order valence-electron chi connectivity index (χ1n) is 32.0. The van der Waals surface area contributed by atoms with E-state index in [2.05, 4.69) is 20.9 Å². The molecule has 2 N–H and O–H groups in total. The lowest BCUT2D eigenvalue weighted by molar-refractivity contribution is -0.163. The number of likely N-dealkylation sites (tertiary alicyclic amines) is 1. The molecular weight excluding hydrogens is 1220 g/mol. The van der Waals surface area contributed by atoms with Crippen LogP contribution in [0.4, 0.5) is 5.69 Å². The van der Waals surface area contributed by atoms with Gasteiger partial charge in [0.25, 0.3) is 11.8 Å². The van der Waals surface area contributed by atoms with Gasteiger partial charge in [0.2, 0.25) is 29.4 Å². The Morgan fingerprint density at radius 3 is 2.01 bits per heavy atom. The molecule has 4 aromatic carbocycles. The average molecular weight is 1300 g/mol. The van der Waals surface area contributed by atoms with E-state index < -0.39 is 59.6 Å². The van der Waals surface area contributed by atoms with Crippen molar-refractivity contribution < 1.29 is 90.4 Å². The molecule has 506 valence electrons. The summed E-state index contributed by atoms with van der Waals surface area (Å²) in [6, 6.07) is 19.5. The first-order chi connectivity index (χ1) is 45.8. The number of hydrogen-bond donors (Lipinski definition) is 2. The monoisotopic (exact) mass is 1300 g/mol. The summed E-state index contributed by atoms with van der Waals surface area (Å²) in [6.45, 7) is 3.33. The molecule has 0 spiro atoms. The Labute approximate surface area is 546 Å². The van der Waals surface area contributed by atoms with Crippen molar-refractivity contribution in [1.29, 1.82) is 0 Å². The molecule has 6 amide bonds. The second-order valence-electron chi connectivity index (χ2n) is 23.1. The molecular formula is C68H85N7O19. The number of anilines is 1. The number of esters is 1. The van der Waals surface area contributed by atoms with E-state index in [-0.39, 0.29) is 74.5 Å². The molecule has 4 aliphatic rings. The van der Waals surface area contributed by atoms with E-state index in [9.17, 15) is 28.8 Å². The molecule has 0 bridgehead atoms. The molecule has 3 fully saturated rings. The van der Waals surface area contributed by atoms with Crippen LogP contribution in [0.2, 0.25) is 0 Å². The van der Waals surface area contributed by atoms with Crippen LogP contribution in [0.15, 0.2) is 79.0 Å². The van der Waals surface area contributed by atoms with Crippen molar-refractivity contribution in [2.24, 2.45) is 5.92 Å². The number of rotatable bonds is 36. The van der Waals surface area contributed by atoms with Gasteiger partial charge in [-0.1, -0.05) is 48.7 Å². The molecule has 26 heteroatoms. The fourth-order valence-electron chi connectivity index (χ4n) is 12.3. The molecule has 1 aromatic heterocycles. The summed E-state index contributed by atoms with van der Waals surface area (Å²) in [7, 11) is 7.87. The number of hydrogen-bond acceptors (Lipinski definition) is 21. The normalized spacial score (nSPS) is 17.2. The maximum Gasteiger partial charge on any atom is 0.329 e. The fraction of sp³-hybridized carbons (Fsp3) is 0.515. The molecule has 5 aromatic rings. The Hall–Kier alpha value is -8.69. The number of carbonyl (C=O) groups is 7. The van der Waals surface area contributed by atoms with Gasteiger partial charge in [0.15, 0.2) is 23.0 Å². The van der Waals surface area contributed by atoms with Crippen molar-refractivity contribution in [3.63, 3.8) is 0 Å². The highest BCUT2D eigenvalue weighted by Crippen LogP contribution is 2.46. The average Bonchev–Trinajstić information content (AvgIpc) is 1.56. The highest BCUT2D eigenvalue weighted by Gasteiger charge is 2.46. The summed E-state index contributed by atoms with van der Waals surface area (Å²) in [5, 5.41) is 13.3. The van der Waals surface area contributed by atoms with Gasteiger partial charge in [-0.05, 0) is 123 Å². The minimum atomic E-state index is -1.13. The van der Waals surface area contributed by atoms with Gasteiger partial charge in [0.1, 0.15) is 42.8 Å². The van der Waals surface area contributed by atoms with Crippen LogP contribution in [-0.4, -0.2) is 186 Å². The second kappa shape index (κ2) is 35.0. The quantitative estimate of drug-likeness (QED) is 0.0232. The standard InChI is InChI=1S/C68H85N7O19/c1-83-55-24-21-44(37-56(55)84-2)20-23-54(94-68(82)53-19-9-10-26-74(53)66(80)61(45-13-7-6-8-14-45)47-39-57(85-3)63(87-5)58(40-47)86-4)46-15-11-16-49(38-46)93-42-48-41-73(72-71-48)27-28-88-29-30-89-31-32-90-33-34-91-35-36-92-43-60(77)69-51-18-12-17-50-62(51)67(81)75(65(50)79)52-22-25-59(76)70-64(52)78/h11-12,15-18,21,24,37-41,45,52-54,61H,6-10,13-14,19-20,22-23,25-36,42-43H2,1-5H3,(H,69,77)(H,70,76,78)/t52?,53-,54+,61-/m0/s1. The number of nitrogens with one attached hydrogen (secondary N) is 2. The summed E-state index contributed by atoms with van der Waals surface area (Å²) >= 11 is 0. The lowest BCUT2D eigenvalue weighted by atomic mass is 9.75. The van der Waals surface area contributed by atoms with Crippen molar-refractivity contribution in [3.05, 3.63) is 113 Å². The first kappa shape index (κ1) is 69.6. The van der Waals surface area contributed by atoms with Crippen LogP contribution in [-0.2, 0) is 72.0 Å². The number of imide groups is 2. The van der Waals surface area contributed by atoms with E-state index in [0.717, 1.165) is 66.5 Å². The molecule has 9 rings (SSSR count).